The summed E-state index contributed by atoms with van der Waals surface area (Å²) in [5.41, 5.74) is 9.60. The molecule has 0 saturated carbocycles. The second-order valence-corrected chi connectivity index (χ2v) is 6.02. The maximum atomic E-state index is 5.93. The Morgan fingerprint density at radius 2 is 2.26 bits per heavy atom. The van der Waals surface area contributed by atoms with Gasteiger partial charge < -0.3 is 10.2 Å². The largest absolute Gasteiger partial charge is 0.440 e. The van der Waals surface area contributed by atoms with E-state index >= 15 is 0 Å². The molecule has 1 atom stereocenters. The molecule has 1 unspecified atom stereocenters. The lowest BCUT2D eigenvalue weighted by Gasteiger charge is -2.19. The molecule has 2 aromatic heterocycles. The molecule has 0 spiro atoms. The molecule has 4 rings (SSSR count). The standard InChI is InChI=1S/C15H14N2OS/c16-9-4-5-13-12(8-9)17-15(18-13)11-2-1-3-14-10(11)6-7-19-14/h4-8,11H,1-3,16H2. The normalized spacial score (nSPS) is 18.6. The van der Waals surface area contributed by atoms with Gasteiger partial charge in [0.15, 0.2) is 5.58 Å². The van der Waals surface area contributed by atoms with Crippen LogP contribution < -0.4 is 5.73 Å². The maximum absolute atomic E-state index is 5.93. The van der Waals surface area contributed by atoms with Crippen LogP contribution in [-0.2, 0) is 6.42 Å². The fraction of sp³-hybridized carbons (Fsp3) is 0.267. The molecule has 0 aliphatic heterocycles. The van der Waals surface area contributed by atoms with Crippen LogP contribution in [0.15, 0.2) is 34.1 Å². The minimum absolute atomic E-state index is 0.309. The highest BCUT2D eigenvalue weighted by atomic mass is 32.1. The summed E-state index contributed by atoms with van der Waals surface area (Å²) in [7, 11) is 0. The van der Waals surface area contributed by atoms with Crippen LogP contribution in [0.4, 0.5) is 5.69 Å². The number of thiophene rings is 1. The molecule has 96 valence electrons. The molecule has 3 aromatic rings. The number of nitrogens with two attached hydrogens (primary N) is 1. The molecule has 1 aromatic carbocycles. The van der Waals surface area contributed by atoms with Crippen LogP contribution in [0.1, 0.15) is 35.1 Å². The van der Waals surface area contributed by atoms with Crippen molar-refractivity contribution in [3.63, 3.8) is 0 Å². The first-order chi connectivity index (χ1) is 9.31. The highest BCUT2D eigenvalue weighted by molar-refractivity contribution is 7.10. The molecule has 0 radical (unpaired) electrons. The molecule has 3 nitrogen and oxygen atoms in total. The van der Waals surface area contributed by atoms with Crippen LogP contribution in [0.3, 0.4) is 0 Å². The fourth-order valence-electron chi connectivity index (χ4n) is 2.85. The predicted molar refractivity (Wildman–Crippen MR) is 77.5 cm³/mol. The van der Waals surface area contributed by atoms with Crippen LogP contribution in [-0.4, -0.2) is 4.98 Å². The molecule has 0 fully saturated rings. The van der Waals surface area contributed by atoms with E-state index in [0.717, 1.165) is 29.1 Å². The van der Waals surface area contributed by atoms with Gasteiger partial charge in [-0.15, -0.1) is 11.3 Å². The first-order valence-corrected chi connectivity index (χ1v) is 7.41. The molecule has 0 amide bonds. The lowest BCUT2D eigenvalue weighted by Crippen LogP contribution is -2.08. The molecule has 2 heterocycles. The summed E-state index contributed by atoms with van der Waals surface area (Å²) in [5, 5.41) is 2.17. The Kier molecular flexibility index (Phi) is 2.38. The van der Waals surface area contributed by atoms with E-state index in [-0.39, 0.29) is 0 Å². The topological polar surface area (TPSA) is 52.0 Å². The number of oxazole rings is 1. The summed E-state index contributed by atoms with van der Waals surface area (Å²) < 4.78 is 5.93. The van der Waals surface area contributed by atoms with Crippen molar-refractivity contribution >= 4 is 28.1 Å². The number of rotatable bonds is 1. The van der Waals surface area contributed by atoms with Crippen molar-refractivity contribution in [3.05, 3.63) is 46.0 Å². The van der Waals surface area contributed by atoms with Gasteiger partial charge in [0.05, 0.1) is 5.92 Å². The van der Waals surface area contributed by atoms with Crippen molar-refractivity contribution in [2.45, 2.75) is 25.2 Å². The molecule has 0 bridgehead atoms. The summed E-state index contributed by atoms with van der Waals surface area (Å²) in [6, 6.07) is 7.85. The van der Waals surface area contributed by atoms with E-state index < -0.39 is 0 Å². The lowest BCUT2D eigenvalue weighted by atomic mass is 9.88. The average Bonchev–Trinajstić information content (AvgIpc) is 3.03. The van der Waals surface area contributed by atoms with E-state index in [2.05, 4.69) is 16.4 Å². The van der Waals surface area contributed by atoms with Gasteiger partial charge in [0, 0.05) is 10.6 Å². The minimum atomic E-state index is 0.309. The number of aromatic nitrogens is 1. The zero-order valence-corrected chi connectivity index (χ0v) is 11.2. The number of aryl methyl sites for hydroxylation is 1. The van der Waals surface area contributed by atoms with Crippen molar-refractivity contribution in [1.29, 1.82) is 0 Å². The summed E-state index contributed by atoms with van der Waals surface area (Å²) in [5.74, 6) is 1.14. The van der Waals surface area contributed by atoms with Crippen LogP contribution in [0.25, 0.3) is 11.1 Å². The third-order valence-corrected chi connectivity index (χ3v) is 4.77. The van der Waals surface area contributed by atoms with Gasteiger partial charge in [-0.05, 0) is 54.5 Å². The Morgan fingerprint density at radius 3 is 3.21 bits per heavy atom. The summed E-state index contributed by atoms with van der Waals surface area (Å²) in [4.78, 5) is 6.12. The Hall–Kier alpha value is -1.81. The smallest absolute Gasteiger partial charge is 0.203 e. The van der Waals surface area contributed by atoms with Gasteiger partial charge in [-0.1, -0.05) is 0 Å². The van der Waals surface area contributed by atoms with Gasteiger partial charge in [-0.25, -0.2) is 4.98 Å². The first kappa shape index (κ1) is 11.1. The highest BCUT2D eigenvalue weighted by Crippen LogP contribution is 2.39. The lowest BCUT2D eigenvalue weighted by molar-refractivity contribution is 0.467. The van der Waals surface area contributed by atoms with Crippen molar-refractivity contribution in [3.8, 4) is 0 Å². The zero-order valence-electron chi connectivity index (χ0n) is 10.4. The number of anilines is 1. The van der Waals surface area contributed by atoms with E-state index in [1.54, 1.807) is 0 Å². The Bertz CT molecular complexity index is 744. The van der Waals surface area contributed by atoms with E-state index in [4.69, 9.17) is 10.2 Å². The van der Waals surface area contributed by atoms with E-state index in [9.17, 15) is 0 Å². The third-order valence-electron chi connectivity index (χ3n) is 3.78. The van der Waals surface area contributed by atoms with Gasteiger partial charge in [0.25, 0.3) is 0 Å². The molecular formula is C15H14N2OS. The number of benzene rings is 1. The van der Waals surface area contributed by atoms with E-state index in [1.807, 2.05) is 29.5 Å². The maximum Gasteiger partial charge on any atom is 0.203 e. The van der Waals surface area contributed by atoms with Crippen molar-refractivity contribution in [1.82, 2.24) is 4.98 Å². The van der Waals surface area contributed by atoms with Gasteiger partial charge in [0.1, 0.15) is 5.52 Å². The van der Waals surface area contributed by atoms with Gasteiger partial charge in [-0.2, -0.15) is 0 Å². The summed E-state index contributed by atoms with van der Waals surface area (Å²) in [6.45, 7) is 0. The molecule has 1 aliphatic rings. The van der Waals surface area contributed by atoms with E-state index in [0.29, 0.717) is 5.92 Å². The molecule has 1 aliphatic carbocycles. The summed E-state index contributed by atoms with van der Waals surface area (Å²) in [6.07, 6.45) is 3.52. The first-order valence-electron chi connectivity index (χ1n) is 6.53. The van der Waals surface area contributed by atoms with Crippen LogP contribution in [0.5, 0.6) is 0 Å². The molecule has 19 heavy (non-hydrogen) atoms. The number of nitrogens with zero attached hydrogens (tertiary/aromatic N) is 1. The van der Waals surface area contributed by atoms with Crippen LogP contribution in [0, 0.1) is 0 Å². The van der Waals surface area contributed by atoms with Gasteiger partial charge in [0.2, 0.25) is 5.89 Å². The highest BCUT2D eigenvalue weighted by Gasteiger charge is 2.26. The number of fused-ring (bicyclic) bond motifs is 2. The monoisotopic (exact) mass is 270 g/mol. The second-order valence-electron chi connectivity index (χ2n) is 5.02. The molecule has 0 saturated heterocycles. The Morgan fingerprint density at radius 1 is 1.32 bits per heavy atom. The quantitative estimate of drug-likeness (QED) is 0.681. The Balaban J connectivity index is 1.83. The second kappa shape index (κ2) is 4.10. The van der Waals surface area contributed by atoms with Crippen molar-refractivity contribution in [2.75, 3.05) is 5.73 Å². The minimum Gasteiger partial charge on any atom is -0.440 e. The van der Waals surface area contributed by atoms with Gasteiger partial charge in [-0.3, -0.25) is 0 Å². The predicted octanol–water partition coefficient (Wildman–Crippen LogP) is 3.94. The SMILES string of the molecule is Nc1ccc2oc(C3CCCc4sccc43)nc2c1. The number of hydrogen-bond acceptors (Lipinski definition) is 4. The Labute approximate surface area is 115 Å². The number of nitrogen functional groups attached to an aromatic ring is 1. The van der Waals surface area contributed by atoms with Crippen molar-refractivity contribution < 1.29 is 4.42 Å². The van der Waals surface area contributed by atoms with Crippen LogP contribution >= 0.6 is 11.3 Å². The molecule has 4 heteroatoms. The van der Waals surface area contributed by atoms with Crippen molar-refractivity contribution in [2.24, 2.45) is 0 Å². The third kappa shape index (κ3) is 1.75. The zero-order chi connectivity index (χ0) is 12.8. The fourth-order valence-corrected chi connectivity index (χ4v) is 3.84. The van der Waals surface area contributed by atoms with E-state index in [1.165, 1.54) is 23.3 Å². The van der Waals surface area contributed by atoms with Crippen LogP contribution in [0.2, 0.25) is 0 Å². The summed E-state index contributed by atoms with van der Waals surface area (Å²) >= 11 is 1.84. The number of hydrogen-bond donors (Lipinski definition) is 1. The van der Waals surface area contributed by atoms with Gasteiger partial charge >= 0.3 is 0 Å². The molecule has 2 N–H and O–H groups in total. The average molecular weight is 270 g/mol. The molecular weight excluding hydrogens is 256 g/mol.